The van der Waals surface area contributed by atoms with E-state index in [1.807, 2.05) is 52.0 Å². The second-order valence-electron chi connectivity index (χ2n) is 6.88. The molecule has 0 radical (unpaired) electrons. The molecule has 1 fully saturated rings. The number of hydrogen-bond acceptors (Lipinski definition) is 3. The summed E-state index contributed by atoms with van der Waals surface area (Å²) in [5, 5.41) is 5.68. The Morgan fingerprint density at radius 1 is 1.22 bits per heavy atom. The molecule has 0 bridgehead atoms. The fraction of sp³-hybridized carbons (Fsp3) is 0.529. The average molecular weight is 319 g/mol. The van der Waals surface area contributed by atoms with Gasteiger partial charge < -0.3 is 20.3 Å². The van der Waals surface area contributed by atoms with Gasteiger partial charge in [-0.25, -0.2) is 9.59 Å². The molecule has 6 heteroatoms. The second kappa shape index (κ2) is 6.89. The first-order valence-corrected chi connectivity index (χ1v) is 7.85. The topological polar surface area (TPSA) is 70.7 Å². The average Bonchev–Trinajstić information content (AvgIpc) is 2.88. The van der Waals surface area contributed by atoms with Crippen LogP contribution in [0.5, 0.6) is 0 Å². The van der Waals surface area contributed by atoms with Crippen LogP contribution in [0.2, 0.25) is 0 Å². The minimum Gasteiger partial charge on any atom is -0.444 e. The van der Waals surface area contributed by atoms with E-state index in [9.17, 15) is 9.59 Å². The normalized spacial score (nSPS) is 17.7. The zero-order chi connectivity index (χ0) is 17.0. The van der Waals surface area contributed by atoms with Crippen molar-refractivity contribution in [3.8, 4) is 0 Å². The number of anilines is 1. The predicted octanol–water partition coefficient (Wildman–Crippen LogP) is 3.13. The SMILES string of the molecule is Cc1ccc(NC(=O)N[C@H]2CCN(C(=O)OC(C)(C)C)C2)cc1. The molecule has 126 valence electrons. The number of nitrogens with zero attached hydrogens (tertiary/aromatic N) is 1. The molecule has 1 aliphatic rings. The van der Waals surface area contributed by atoms with Crippen LogP contribution in [0.4, 0.5) is 15.3 Å². The maximum Gasteiger partial charge on any atom is 0.410 e. The van der Waals surface area contributed by atoms with Gasteiger partial charge >= 0.3 is 12.1 Å². The van der Waals surface area contributed by atoms with Crippen molar-refractivity contribution in [1.82, 2.24) is 10.2 Å². The highest BCUT2D eigenvalue weighted by Crippen LogP contribution is 2.15. The highest BCUT2D eigenvalue weighted by molar-refractivity contribution is 5.89. The van der Waals surface area contributed by atoms with Crippen molar-refractivity contribution in [2.24, 2.45) is 0 Å². The van der Waals surface area contributed by atoms with Crippen molar-refractivity contribution >= 4 is 17.8 Å². The lowest BCUT2D eigenvalue weighted by molar-refractivity contribution is 0.0291. The number of urea groups is 1. The Bertz CT molecular complexity index is 563. The number of nitrogens with one attached hydrogen (secondary N) is 2. The Balaban J connectivity index is 1.79. The summed E-state index contributed by atoms with van der Waals surface area (Å²) in [5.74, 6) is 0. The lowest BCUT2D eigenvalue weighted by Gasteiger charge is -2.24. The number of hydrogen-bond donors (Lipinski definition) is 2. The van der Waals surface area contributed by atoms with Gasteiger partial charge in [0.1, 0.15) is 5.60 Å². The summed E-state index contributed by atoms with van der Waals surface area (Å²) in [6.07, 6.45) is 0.390. The third-order valence-corrected chi connectivity index (χ3v) is 3.48. The van der Waals surface area contributed by atoms with E-state index < -0.39 is 5.60 Å². The van der Waals surface area contributed by atoms with Crippen LogP contribution in [0, 0.1) is 6.92 Å². The molecule has 1 aromatic carbocycles. The third kappa shape index (κ3) is 5.47. The number of ether oxygens (including phenoxy) is 1. The fourth-order valence-corrected chi connectivity index (χ4v) is 2.36. The van der Waals surface area contributed by atoms with E-state index in [0.717, 1.165) is 17.7 Å². The highest BCUT2D eigenvalue weighted by Gasteiger charge is 2.30. The summed E-state index contributed by atoms with van der Waals surface area (Å²) in [4.78, 5) is 25.6. The number of rotatable bonds is 2. The first-order chi connectivity index (χ1) is 10.7. The molecule has 23 heavy (non-hydrogen) atoms. The van der Waals surface area contributed by atoms with Crippen LogP contribution in [0.25, 0.3) is 0 Å². The third-order valence-electron chi connectivity index (χ3n) is 3.48. The molecule has 1 aromatic rings. The zero-order valence-electron chi connectivity index (χ0n) is 14.2. The van der Waals surface area contributed by atoms with Gasteiger partial charge in [-0.1, -0.05) is 17.7 Å². The van der Waals surface area contributed by atoms with E-state index >= 15 is 0 Å². The van der Waals surface area contributed by atoms with Gasteiger partial charge in [-0.2, -0.15) is 0 Å². The standard InChI is InChI=1S/C17H25N3O3/c1-12-5-7-13(8-6-12)18-15(21)19-14-9-10-20(11-14)16(22)23-17(2,3)4/h5-8,14H,9-11H2,1-4H3,(H2,18,19,21)/t14-/m0/s1. The van der Waals surface area contributed by atoms with Gasteiger partial charge in [-0.15, -0.1) is 0 Å². The second-order valence-corrected chi connectivity index (χ2v) is 6.88. The summed E-state index contributed by atoms with van der Waals surface area (Å²) in [5.41, 5.74) is 1.38. The van der Waals surface area contributed by atoms with Crippen LogP contribution in [0.3, 0.4) is 0 Å². The molecule has 1 heterocycles. The van der Waals surface area contributed by atoms with Gasteiger partial charge in [0.05, 0.1) is 0 Å². The number of carbonyl (C=O) groups excluding carboxylic acids is 2. The number of aryl methyl sites for hydroxylation is 1. The number of amides is 3. The van der Waals surface area contributed by atoms with Gasteiger partial charge in [0.2, 0.25) is 0 Å². The van der Waals surface area contributed by atoms with E-state index in [1.165, 1.54) is 0 Å². The first kappa shape index (κ1) is 17.1. The van der Waals surface area contributed by atoms with Crippen molar-refractivity contribution in [3.05, 3.63) is 29.8 Å². The number of likely N-dealkylation sites (tertiary alicyclic amines) is 1. The minimum absolute atomic E-state index is 0.0621. The van der Waals surface area contributed by atoms with Gasteiger partial charge in [-0.05, 0) is 46.2 Å². The zero-order valence-corrected chi connectivity index (χ0v) is 14.2. The van der Waals surface area contributed by atoms with Crippen molar-refractivity contribution in [2.45, 2.75) is 45.8 Å². The summed E-state index contributed by atoms with van der Waals surface area (Å²) >= 11 is 0. The molecule has 0 aliphatic carbocycles. The Morgan fingerprint density at radius 2 is 1.87 bits per heavy atom. The van der Waals surface area contributed by atoms with Crippen molar-refractivity contribution in [1.29, 1.82) is 0 Å². The smallest absolute Gasteiger partial charge is 0.410 e. The molecule has 2 rings (SSSR count). The molecule has 0 saturated carbocycles. The monoisotopic (exact) mass is 319 g/mol. The summed E-state index contributed by atoms with van der Waals surface area (Å²) in [6, 6.07) is 7.27. The quantitative estimate of drug-likeness (QED) is 0.880. The lowest BCUT2D eigenvalue weighted by Crippen LogP contribution is -2.41. The predicted molar refractivity (Wildman–Crippen MR) is 89.5 cm³/mol. The minimum atomic E-state index is -0.509. The van der Waals surface area contributed by atoms with Crippen molar-refractivity contribution < 1.29 is 14.3 Å². The maximum absolute atomic E-state index is 12.0. The number of carbonyl (C=O) groups is 2. The van der Waals surface area contributed by atoms with E-state index in [1.54, 1.807) is 4.90 Å². The Labute approximate surface area is 137 Å². The van der Waals surface area contributed by atoms with Crippen LogP contribution in [0.1, 0.15) is 32.8 Å². The molecule has 2 N–H and O–H groups in total. The van der Waals surface area contributed by atoms with Crippen LogP contribution in [-0.2, 0) is 4.74 Å². The van der Waals surface area contributed by atoms with Crippen molar-refractivity contribution in [2.75, 3.05) is 18.4 Å². The molecule has 0 spiro atoms. The van der Waals surface area contributed by atoms with Gasteiger partial charge in [0, 0.05) is 24.8 Å². The van der Waals surface area contributed by atoms with Gasteiger partial charge in [-0.3, -0.25) is 0 Å². The highest BCUT2D eigenvalue weighted by atomic mass is 16.6. The molecule has 0 aromatic heterocycles. The van der Waals surface area contributed by atoms with Crippen LogP contribution in [0.15, 0.2) is 24.3 Å². The first-order valence-electron chi connectivity index (χ1n) is 7.85. The van der Waals surface area contributed by atoms with Crippen molar-refractivity contribution in [3.63, 3.8) is 0 Å². The van der Waals surface area contributed by atoms with E-state index in [4.69, 9.17) is 4.74 Å². The van der Waals surface area contributed by atoms with E-state index in [-0.39, 0.29) is 18.2 Å². The summed E-state index contributed by atoms with van der Waals surface area (Å²) in [6.45, 7) is 8.57. The van der Waals surface area contributed by atoms with Crippen LogP contribution in [-0.4, -0.2) is 41.8 Å². The lowest BCUT2D eigenvalue weighted by atomic mass is 10.2. The Hall–Kier alpha value is -2.24. The number of benzene rings is 1. The fourth-order valence-electron chi connectivity index (χ4n) is 2.36. The van der Waals surface area contributed by atoms with Crippen LogP contribution < -0.4 is 10.6 Å². The largest absolute Gasteiger partial charge is 0.444 e. The summed E-state index contributed by atoms with van der Waals surface area (Å²) in [7, 11) is 0. The summed E-state index contributed by atoms with van der Waals surface area (Å²) < 4.78 is 5.34. The van der Waals surface area contributed by atoms with E-state index in [2.05, 4.69) is 10.6 Å². The maximum atomic E-state index is 12.0. The molecule has 3 amide bonds. The molecule has 1 aliphatic heterocycles. The Kier molecular flexibility index (Phi) is 5.13. The molecule has 6 nitrogen and oxygen atoms in total. The van der Waals surface area contributed by atoms with Gasteiger partial charge in [0.25, 0.3) is 0 Å². The van der Waals surface area contributed by atoms with E-state index in [0.29, 0.717) is 13.1 Å². The van der Waals surface area contributed by atoms with Crippen LogP contribution >= 0.6 is 0 Å². The molecule has 1 atom stereocenters. The molecule has 1 saturated heterocycles. The molecule has 0 unspecified atom stereocenters. The Morgan fingerprint density at radius 3 is 2.48 bits per heavy atom. The molecular weight excluding hydrogens is 294 g/mol. The van der Waals surface area contributed by atoms with Gasteiger partial charge in [0.15, 0.2) is 0 Å². The molecular formula is C17H25N3O3.